The number of benzene rings is 2. The molecule has 1 aliphatic rings. The van der Waals surface area contributed by atoms with E-state index in [1.807, 2.05) is 31.2 Å². The van der Waals surface area contributed by atoms with E-state index in [0.717, 1.165) is 28.7 Å². The van der Waals surface area contributed by atoms with Gasteiger partial charge in [-0.2, -0.15) is 0 Å². The van der Waals surface area contributed by atoms with Crippen molar-refractivity contribution in [2.45, 2.75) is 19.8 Å². The molecular weight excluding hydrogens is 362 g/mol. The number of anilines is 2. The van der Waals surface area contributed by atoms with Gasteiger partial charge < -0.3 is 10.2 Å². The van der Waals surface area contributed by atoms with Crippen LogP contribution in [0.4, 0.5) is 11.4 Å². The van der Waals surface area contributed by atoms with Gasteiger partial charge in [0.1, 0.15) is 0 Å². The highest BCUT2D eigenvalue weighted by atomic mass is 35.5. The molecule has 1 aliphatic heterocycles. The second-order valence-corrected chi connectivity index (χ2v) is 7.00. The molecule has 136 valence electrons. The number of fused-ring (bicyclic) bond motifs is 1. The quantitative estimate of drug-likeness (QED) is 0.724. The van der Waals surface area contributed by atoms with Gasteiger partial charge in [0.2, 0.25) is 5.91 Å². The van der Waals surface area contributed by atoms with Crippen LogP contribution < -0.4 is 10.2 Å². The lowest BCUT2D eigenvalue weighted by molar-refractivity contribution is -0.117. The highest BCUT2D eigenvalue weighted by molar-refractivity contribution is 6.34. The number of rotatable bonds is 3. The van der Waals surface area contributed by atoms with Crippen molar-refractivity contribution in [3.63, 3.8) is 0 Å². The normalized spacial score (nSPS) is 14.0. The Bertz CT molecular complexity index is 1060. The minimum absolute atomic E-state index is 0.0883. The number of nitrogens with zero attached hydrogens (tertiary/aromatic N) is 2. The molecule has 0 unspecified atom stereocenters. The Morgan fingerprint density at radius 3 is 2.78 bits per heavy atom. The van der Waals surface area contributed by atoms with Crippen LogP contribution in [0.1, 0.15) is 28.9 Å². The van der Waals surface area contributed by atoms with Crippen LogP contribution in [0.2, 0.25) is 5.02 Å². The number of amides is 2. The van der Waals surface area contributed by atoms with Crippen LogP contribution in [0.3, 0.4) is 0 Å². The Labute approximate surface area is 162 Å². The fourth-order valence-electron chi connectivity index (χ4n) is 3.38. The lowest BCUT2D eigenvalue weighted by Crippen LogP contribution is -2.24. The molecular formula is C21H18ClN3O2. The molecule has 5 nitrogen and oxygen atoms in total. The first-order chi connectivity index (χ1) is 13.0. The first-order valence-corrected chi connectivity index (χ1v) is 9.18. The number of aryl methyl sites for hydroxylation is 1. The summed E-state index contributed by atoms with van der Waals surface area (Å²) in [4.78, 5) is 31.1. The van der Waals surface area contributed by atoms with E-state index < -0.39 is 0 Å². The van der Waals surface area contributed by atoms with E-state index in [4.69, 9.17) is 11.6 Å². The second-order valence-electron chi connectivity index (χ2n) is 6.60. The molecule has 0 aliphatic carbocycles. The Kier molecular flexibility index (Phi) is 4.54. The SMILES string of the molecule is Cc1cc(C(=O)Nc2cc(N3CCCC3=O)ccc2Cl)c2ccccc2n1. The lowest BCUT2D eigenvalue weighted by atomic mass is 10.1. The number of hydrogen-bond acceptors (Lipinski definition) is 3. The molecule has 1 aromatic heterocycles. The van der Waals surface area contributed by atoms with Crippen molar-refractivity contribution >= 4 is 45.7 Å². The van der Waals surface area contributed by atoms with E-state index in [1.54, 1.807) is 29.2 Å². The van der Waals surface area contributed by atoms with Gasteiger partial charge in [-0.1, -0.05) is 29.8 Å². The molecule has 2 aromatic carbocycles. The summed E-state index contributed by atoms with van der Waals surface area (Å²) >= 11 is 6.29. The molecule has 2 heterocycles. The monoisotopic (exact) mass is 379 g/mol. The van der Waals surface area contributed by atoms with Crippen molar-refractivity contribution in [3.8, 4) is 0 Å². The summed E-state index contributed by atoms with van der Waals surface area (Å²) in [5.41, 5.74) is 3.30. The van der Waals surface area contributed by atoms with Crippen LogP contribution >= 0.6 is 11.6 Å². The highest BCUT2D eigenvalue weighted by Crippen LogP contribution is 2.30. The van der Waals surface area contributed by atoms with Gasteiger partial charge in [0.15, 0.2) is 0 Å². The molecule has 0 bridgehead atoms. The molecule has 0 atom stereocenters. The van der Waals surface area contributed by atoms with Crippen LogP contribution in [0.15, 0.2) is 48.5 Å². The van der Waals surface area contributed by atoms with Crippen molar-refractivity contribution in [1.29, 1.82) is 0 Å². The average molecular weight is 380 g/mol. The molecule has 1 N–H and O–H groups in total. The van der Waals surface area contributed by atoms with Crippen LogP contribution in [0, 0.1) is 6.92 Å². The maximum absolute atomic E-state index is 13.0. The standard InChI is InChI=1S/C21H18ClN3O2/c1-13-11-16(15-5-2-3-6-18(15)23-13)21(27)24-19-12-14(8-9-17(19)22)25-10-4-7-20(25)26/h2-3,5-6,8-9,11-12H,4,7,10H2,1H3,(H,24,27). The third kappa shape index (κ3) is 3.38. The van der Waals surface area contributed by atoms with Crippen LogP contribution in [-0.4, -0.2) is 23.3 Å². The topological polar surface area (TPSA) is 62.3 Å². The Hall–Kier alpha value is -2.92. The fourth-order valence-corrected chi connectivity index (χ4v) is 3.55. The Balaban J connectivity index is 1.68. The smallest absolute Gasteiger partial charge is 0.256 e. The van der Waals surface area contributed by atoms with Gasteiger partial charge in [-0.05, 0) is 43.7 Å². The predicted octanol–water partition coefficient (Wildman–Crippen LogP) is 4.58. The zero-order chi connectivity index (χ0) is 19.0. The van der Waals surface area contributed by atoms with Crippen LogP contribution in [0.25, 0.3) is 10.9 Å². The third-order valence-electron chi connectivity index (χ3n) is 4.67. The molecule has 3 aromatic rings. The minimum atomic E-state index is -0.261. The van der Waals surface area contributed by atoms with Gasteiger partial charge in [0, 0.05) is 29.7 Å². The molecule has 2 amide bonds. The molecule has 0 radical (unpaired) electrons. The maximum Gasteiger partial charge on any atom is 0.256 e. The third-order valence-corrected chi connectivity index (χ3v) is 5.00. The van der Waals surface area contributed by atoms with Gasteiger partial charge in [-0.15, -0.1) is 0 Å². The Morgan fingerprint density at radius 1 is 1.19 bits per heavy atom. The number of carbonyl (C=O) groups excluding carboxylic acids is 2. The lowest BCUT2D eigenvalue weighted by Gasteiger charge is -2.18. The van der Waals surface area contributed by atoms with E-state index in [1.165, 1.54) is 0 Å². The van der Waals surface area contributed by atoms with Crippen molar-refractivity contribution in [1.82, 2.24) is 4.98 Å². The fraction of sp³-hybridized carbons (Fsp3) is 0.190. The van der Waals surface area contributed by atoms with E-state index in [0.29, 0.717) is 29.2 Å². The zero-order valence-electron chi connectivity index (χ0n) is 14.8. The largest absolute Gasteiger partial charge is 0.321 e. The van der Waals surface area contributed by atoms with Crippen molar-refractivity contribution in [3.05, 3.63) is 64.8 Å². The van der Waals surface area contributed by atoms with Gasteiger partial charge in [0.25, 0.3) is 5.91 Å². The summed E-state index contributed by atoms with van der Waals surface area (Å²) in [6, 6.07) is 14.5. The molecule has 0 saturated carbocycles. The van der Waals surface area contributed by atoms with Gasteiger partial charge in [0.05, 0.1) is 21.8 Å². The van der Waals surface area contributed by atoms with Gasteiger partial charge >= 0.3 is 0 Å². The second kappa shape index (κ2) is 7.00. The zero-order valence-corrected chi connectivity index (χ0v) is 15.6. The van der Waals surface area contributed by atoms with E-state index in [2.05, 4.69) is 10.3 Å². The van der Waals surface area contributed by atoms with E-state index in [-0.39, 0.29) is 11.8 Å². The summed E-state index contributed by atoms with van der Waals surface area (Å²) < 4.78 is 0. The summed E-state index contributed by atoms with van der Waals surface area (Å²) in [6.45, 7) is 2.54. The van der Waals surface area contributed by atoms with Crippen molar-refractivity contribution in [2.24, 2.45) is 0 Å². The van der Waals surface area contributed by atoms with Gasteiger partial charge in [-0.25, -0.2) is 0 Å². The number of carbonyl (C=O) groups is 2. The number of hydrogen-bond donors (Lipinski definition) is 1. The average Bonchev–Trinajstić information content (AvgIpc) is 3.08. The van der Waals surface area contributed by atoms with Crippen molar-refractivity contribution < 1.29 is 9.59 Å². The molecule has 4 rings (SSSR count). The summed E-state index contributed by atoms with van der Waals surface area (Å²) in [5.74, 6) is -0.172. The van der Waals surface area contributed by atoms with E-state index in [9.17, 15) is 9.59 Å². The maximum atomic E-state index is 13.0. The molecule has 0 spiro atoms. The van der Waals surface area contributed by atoms with Crippen LogP contribution in [0.5, 0.6) is 0 Å². The number of halogens is 1. The summed E-state index contributed by atoms with van der Waals surface area (Å²) in [6.07, 6.45) is 1.39. The van der Waals surface area contributed by atoms with Crippen molar-refractivity contribution in [2.75, 3.05) is 16.8 Å². The molecule has 6 heteroatoms. The molecule has 1 saturated heterocycles. The number of nitrogens with one attached hydrogen (secondary N) is 1. The first-order valence-electron chi connectivity index (χ1n) is 8.80. The van der Waals surface area contributed by atoms with Gasteiger partial charge in [-0.3, -0.25) is 14.6 Å². The number of para-hydroxylation sites is 1. The molecule has 27 heavy (non-hydrogen) atoms. The van der Waals surface area contributed by atoms with Crippen LogP contribution in [-0.2, 0) is 4.79 Å². The minimum Gasteiger partial charge on any atom is -0.321 e. The Morgan fingerprint density at radius 2 is 2.00 bits per heavy atom. The number of aromatic nitrogens is 1. The number of pyridine rings is 1. The predicted molar refractivity (Wildman–Crippen MR) is 107 cm³/mol. The highest BCUT2D eigenvalue weighted by Gasteiger charge is 2.22. The summed E-state index contributed by atoms with van der Waals surface area (Å²) in [5, 5.41) is 4.09. The molecule has 1 fully saturated rings. The summed E-state index contributed by atoms with van der Waals surface area (Å²) in [7, 11) is 0. The first kappa shape index (κ1) is 17.5. The van der Waals surface area contributed by atoms with E-state index >= 15 is 0 Å².